The third kappa shape index (κ3) is 4.45. The molecule has 0 bridgehead atoms. The van der Waals surface area contributed by atoms with E-state index in [0.29, 0.717) is 23.2 Å². The van der Waals surface area contributed by atoms with E-state index in [-0.39, 0.29) is 24.3 Å². The Labute approximate surface area is 202 Å². The lowest BCUT2D eigenvalue weighted by atomic mass is 9.97. The molecular weight excluding hydrogens is 444 g/mol. The maximum Gasteiger partial charge on any atom is 0.305 e. The molecule has 1 aromatic heterocycles. The van der Waals surface area contributed by atoms with E-state index in [0.717, 1.165) is 27.4 Å². The molecule has 4 rings (SSSR count). The molecule has 0 saturated carbocycles. The number of Topliss-reactive ketones (excluding diaryl/α,β-unsaturated/α-hetero) is 1. The molecule has 0 aliphatic carbocycles. The van der Waals surface area contributed by atoms with Gasteiger partial charge in [0.25, 0.3) is 0 Å². The summed E-state index contributed by atoms with van der Waals surface area (Å²) in [6.07, 6.45) is -0.102. The number of aromatic nitrogens is 1. The number of oxime groups is 1. The van der Waals surface area contributed by atoms with Gasteiger partial charge in [-0.25, -0.2) is 0 Å². The summed E-state index contributed by atoms with van der Waals surface area (Å²) in [7, 11) is 1.26. The van der Waals surface area contributed by atoms with Crippen LogP contribution >= 0.6 is 0 Å². The van der Waals surface area contributed by atoms with Crippen molar-refractivity contribution in [2.45, 2.75) is 33.2 Å². The van der Waals surface area contributed by atoms with Crippen molar-refractivity contribution in [2.75, 3.05) is 7.11 Å². The fourth-order valence-corrected chi connectivity index (χ4v) is 4.41. The first-order chi connectivity index (χ1) is 16.9. The standard InChI is InChI=1S/C28H26N2O5/c1-4-30-24-12-9-18(27(32)20-8-6-5-7-17(20)2)15-21(24)22-16-19(10-13-25(22)30)28(33)23(29-34)11-14-26(31)35-3/h5-10,12-13,15-16,34H,4,11,14H2,1-3H3/b29-23-. The predicted octanol–water partition coefficient (Wildman–Crippen LogP) is 5.32. The molecule has 0 spiro atoms. The molecule has 178 valence electrons. The van der Waals surface area contributed by atoms with Crippen LogP contribution in [0, 0.1) is 6.92 Å². The first-order valence-corrected chi connectivity index (χ1v) is 11.4. The average Bonchev–Trinajstić information content (AvgIpc) is 3.20. The molecule has 0 atom stereocenters. The van der Waals surface area contributed by atoms with Crippen LogP contribution in [0.1, 0.15) is 51.6 Å². The second kappa shape index (κ2) is 9.93. The number of hydrogen-bond acceptors (Lipinski definition) is 6. The lowest BCUT2D eigenvalue weighted by Crippen LogP contribution is -2.16. The largest absolute Gasteiger partial charge is 0.469 e. The van der Waals surface area contributed by atoms with Crippen LogP contribution in [-0.2, 0) is 16.1 Å². The predicted molar refractivity (Wildman–Crippen MR) is 135 cm³/mol. The van der Waals surface area contributed by atoms with E-state index in [1.807, 2.05) is 62.4 Å². The molecule has 35 heavy (non-hydrogen) atoms. The lowest BCUT2D eigenvalue weighted by molar-refractivity contribution is -0.140. The molecule has 7 nitrogen and oxygen atoms in total. The van der Waals surface area contributed by atoms with E-state index >= 15 is 0 Å². The maximum absolute atomic E-state index is 13.2. The SMILES string of the molecule is CCn1c2ccc(C(=O)/C(CCC(=O)OC)=N\O)cc2c2cc(C(=O)c3ccccc3C)ccc21. The van der Waals surface area contributed by atoms with Crippen LogP contribution in [-0.4, -0.2) is 40.1 Å². The number of rotatable bonds is 8. The number of carbonyl (C=O) groups excluding carboxylic acids is 3. The average molecular weight is 471 g/mol. The first kappa shape index (κ1) is 23.9. The number of methoxy groups -OCH3 is 1. The normalized spacial score (nSPS) is 11.7. The van der Waals surface area contributed by atoms with Crippen LogP contribution in [0.25, 0.3) is 21.8 Å². The highest BCUT2D eigenvalue weighted by atomic mass is 16.5. The van der Waals surface area contributed by atoms with E-state index < -0.39 is 11.8 Å². The number of benzene rings is 3. The van der Waals surface area contributed by atoms with Gasteiger partial charge in [0.1, 0.15) is 5.71 Å². The highest BCUT2D eigenvalue weighted by Gasteiger charge is 2.20. The Morgan fingerprint density at radius 1 is 0.914 bits per heavy atom. The van der Waals surface area contributed by atoms with Gasteiger partial charge in [0.15, 0.2) is 5.78 Å². The van der Waals surface area contributed by atoms with E-state index in [1.165, 1.54) is 7.11 Å². The van der Waals surface area contributed by atoms with Crippen molar-refractivity contribution < 1.29 is 24.3 Å². The van der Waals surface area contributed by atoms with Crippen LogP contribution in [0.2, 0.25) is 0 Å². The number of hydrogen-bond donors (Lipinski definition) is 1. The van der Waals surface area contributed by atoms with Crippen LogP contribution in [0.3, 0.4) is 0 Å². The summed E-state index contributed by atoms with van der Waals surface area (Å²) in [6, 6.07) is 18.4. The molecule has 3 aromatic carbocycles. The molecule has 1 heterocycles. The van der Waals surface area contributed by atoms with Gasteiger partial charge in [0.2, 0.25) is 5.78 Å². The van der Waals surface area contributed by atoms with Crippen molar-refractivity contribution in [3.05, 3.63) is 82.9 Å². The Kier molecular flexibility index (Phi) is 6.78. The Balaban J connectivity index is 1.80. The van der Waals surface area contributed by atoms with Crippen molar-refractivity contribution in [2.24, 2.45) is 5.16 Å². The molecule has 7 heteroatoms. The van der Waals surface area contributed by atoms with Gasteiger partial charge in [-0.15, -0.1) is 0 Å². The number of aryl methyl sites for hydroxylation is 2. The molecule has 0 amide bonds. The fourth-order valence-electron chi connectivity index (χ4n) is 4.41. The lowest BCUT2D eigenvalue weighted by Gasteiger charge is -2.06. The second-order valence-electron chi connectivity index (χ2n) is 8.30. The number of esters is 1. The van der Waals surface area contributed by atoms with Gasteiger partial charge < -0.3 is 14.5 Å². The van der Waals surface area contributed by atoms with Crippen molar-refractivity contribution in [1.29, 1.82) is 0 Å². The fraction of sp³-hybridized carbons (Fsp3) is 0.214. The Hall–Kier alpha value is -4.26. The Morgan fingerprint density at radius 3 is 2.14 bits per heavy atom. The van der Waals surface area contributed by atoms with Gasteiger partial charge in [-0.05, 0) is 55.8 Å². The van der Waals surface area contributed by atoms with Gasteiger partial charge in [-0.1, -0.05) is 29.4 Å². The van der Waals surface area contributed by atoms with Crippen molar-refractivity contribution in [3.8, 4) is 0 Å². The molecule has 0 radical (unpaired) electrons. The molecule has 0 saturated heterocycles. The number of ether oxygens (including phenoxy) is 1. The molecular formula is C28H26N2O5. The van der Waals surface area contributed by atoms with Crippen molar-refractivity contribution >= 4 is 45.1 Å². The van der Waals surface area contributed by atoms with Gasteiger partial charge >= 0.3 is 5.97 Å². The van der Waals surface area contributed by atoms with Crippen molar-refractivity contribution in [3.63, 3.8) is 0 Å². The van der Waals surface area contributed by atoms with E-state index in [2.05, 4.69) is 14.5 Å². The molecule has 4 aromatic rings. The number of fused-ring (bicyclic) bond motifs is 3. The zero-order valence-electron chi connectivity index (χ0n) is 19.9. The summed E-state index contributed by atoms with van der Waals surface area (Å²) < 4.78 is 6.73. The molecule has 1 N–H and O–H groups in total. The summed E-state index contributed by atoms with van der Waals surface area (Å²) in [5.41, 5.74) is 4.21. The Bertz CT molecular complexity index is 1500. The van der Waals surface area contributed by atoms with E-state index in [9.17, 15) is 19.6 Å². The van der Waals surface area contributed by atoms with E-state index in [1.54, 1.807) is 12.1 Å². The van der Waals surface area contributed by atoms with Crippen LogP contribution in [0.4, 0.5) is 0 Å². The maximum atomic E-state index is 13.2. The first-order valence-electron chi connectivity index (χ1n) is 11.4. The highest BCUT2D eigenvalue weighted by Crippen LogP contribution is 2.32. The third-order valence-corrected chi connectivity index (χ3v) is 6.27. The number of carbonyl (C=O) groups is 3. The van der Waals surface area contributed by atoms with E-state index in [4.69, 9.17) is 0 Å². The third-order valence-electron chi connectivity index (χ3n) is 6.27. The summed E-state index contributed by atoms with van der Waals surface area (Å²) in [5.74, 6) is -1.03. The molecule has 0 fully saturated rings. The minimum absolute atomic E-state index is 0.0359. The molecule has 0 unspecified atom stereocenters. The summed E-state index contributed by atoms with van der Waals surface area (Å²) in [6.45, 7) is 4.65. The minimum Gasteiger partial charge on any atom is -0.469 e. The summed E-state index contributed by atoms with van der Waals surface area (Å²) >= 11 is 0. The topological polar surface area (TPSA) is 98.0 Å². The zero-order valence-corrected chi connectivity index (χ0v) is 19.9. The summed E-state index contributed by atoms with van der Waals surface area (Å²) in [4.78, 5) is 37.7. The highest BCUT2D eigenvalue weighted by molar-refractivity contribution is 6.46. The monoisotopic (exact) mass is 470 g/mol. The second-order valence-corrected chi connectivity index (χ2v) is 8.30. The minimum atomic E-state index is -0.494. The van der Waals surface area contributed by atoms with Crippen LogP contribution in [0.5, 0.6) is 0 Å². The van der Waals surface area contributed by atoms with Gasteiger partial charge in [0.05, 0.1) is 13.5 Å². The van der Waals surface area contributed by atoms with Gasteiger partial charge in [0, 0.05) is 51.5 Å². The molecule has 0 aliphatic rings. The van der Waals surface area contributed by atoms with Gasteiger partial charge in [-0.3, -0.25) is 14.4 Å². The number of nitrogens with zero attached hydrogens (tertiary/aromatic N) is 2. The smallest absolute Gasteiger partial charge is 0.305 e. The van der Waals surface area contributed by atoms with Crippen LogP contribution in [0.15, 0.2) is 65.8 Å². The van der Waals surface area contributed by atoms with Gasteiger partial charge in [-0.2, -0.15) is 0 Å². The quantitative estimate of drug-likeness (QED) is 0.124. The Morgan fingerprint density at radius 2 is 1.54 bits per heavy atom. The number of ketones is 2. The van der Waals surface area contributed by atoms with Crippen LogP contribution < -0.4 is 0 Å². The van der Waals surface area contributed by atoms with Crippen molar-refractivity contribution in [1.82, 2.24) is 4.57 Å². The summed E-state index contributed by atoms with van der Waals surface area (Å²) in [5, 5.41) is 14.2. The molecule has 0 aliphatic heterocycles. The zero-order chi connectivity index (χ0) is 25.1.